The number of nitrogens with one attached hydrogen (secondary N) is 2. The molecule has 0 aliphatic heterocycles. The van der Waals surface area contributed by atoms with Crippen LogP contribution in [0.4, 0.5) is 15.8 Å². The van der Waals surface area contributed by atoms with Crippen LogP contribution in [0.5, 0.6) is 0 Å². The largest absolute Gasteiger partial charge is 0.326 e. The predicted octanol–water partition coefficient (Wildman–Crippen LogP) is 4.58. The number of hydrogen-bond acceptors (Lipinski definition) is 6. The average Bonchev–Trinajstić information content (AvgIpc) is 3.24. The second-order valence-electron chi connectivity index (χ2n) is 7.20. The minimum absolute atomic E-state index is 0.00963. The zero-order valence-electron chi connectivity index (χ0n) is 17.7. The monoisotopic (exact) mass is 482 g/mol. The molecule has 0 saturated carbocycles. The van der Waals surface area contributed by atoms with Crippen LogP contribution in [0.1, 0.15) is 12.5 Å². The van der Waals surface area contributed by atoms with Crippen molar-refractivity contribution >= 4 is 56.5 Å². The topological polar surface area (TPSA) is 93.1 Å². The standard InChI is InChI=1S/C23H19FN4O3S2/c1-13-11-17(7-8-18(13)24)28-22(31)21-19(9-10-32-21)27-23(28)33-12-20(30)26-16-5-3-15(4-6-16)25-14(2)29/h3-11H,12H2,1-2H3,(H,25,29)(H,26,30). The van der Waals surface area contributed by atoms with Crippen LogP contribution in [0.15, 0.2) is 63.9 Å². The Hall–Kier alpha value is -3.50. The lowest BCUT2D eigenvalue weighted by molar-refractivity contribution is -0.114. The van der Waals surface area contributed by atoms with E-state index in [0.717, 1.165) is 11.8 Å². The maximum absolute atomic E-state index is 13.8. The number of benzene rings is 2. The van der Waals surface area contributed by atoms with Gasteiger partial charge < -0.3 is 10.6 Å². The maximum atomic E-state index is 13.8. The number of carbonyl (C=O) groups excluding carboxylic acids is 2. The molecule has 0 spiro atoms. The summed E-state index contributed by atoms with van der Waals surface area (Å²) < 4.78 is 15.7. The van der Waals surface area contributed by atoms with E-state index in [2.05, 4.69) is 15.6 Å². The molecule has 4 rings (SSSR count). The number of anilines is 2. The maximum Gasteiger partial charge on any atom is 0.276 e. The molecular formula is C23H19FN4O3S2. The molecule has 33 heavy (non-hydrogen) atoms. The van der Waals surface area contributed by atoms with Crippen LogP contribution in [0.3, 0.4) is 0 Å². The van der Waals surface area contributed by atoms with Crippen LogP contribution in [-0.4, -0.2) is 27.1 Å². The number of thioether (sulfide) groups is 1. The second-order valence-corrected chi connectivity index (χ2v) is 9.06. The molecule has 2 N–H and O–H groups in total. The Labute approximate surface area is 196 Å². The highest BCUT2D eigenvalue weighted by Gasteiger charge is 2.16. The SMILES string of the molecule is CC(=O)Nc1ccc(NC(=O)CSc2nc3ccsc3c(=O)n2-c2ccc(F)c(C)c2)cc1. The third-order valence-electron chi connectivity index (χ3n) is 4.67. The van der Waals surface area contributed by atoms with Gasteiger partial charge in [-0.2, -0.15) is 0 Å². The van der Waals surface area contributed by atoms with Crippen molar-refractivity contribution in [1.29, 1.82) is 0 Å². The van der Waals surface area contributed by atoms with Crippen molar-refractivity contribution in [1.82, 2.24) is 9.55 Å². The molecule has 2 aromatic carbocycles. The zero-order valence-corrected chi connectivity index (χ0v) is 19.3. The van der Waals surface area contributed by atoms with Crippen LogP contribution in [0, 0.1) is 12.7 Å². The number of thiophene rings is 1. The summed E-state index contributed by atoms with van der Waals surface area (Å²) in [5.41, 5.74) is 2.37. The Kier molecular flexibility index (Phi) is 6.57. The van der Waals surface area contributed by atoms with Crippen molar-refractivity contribution in [2.45, 2.75) is 19.0 Å². The minimum Gasteiger partial charge on any atom is -0.326 e. The molecule has 2 heterocycles. The van der Waals surface area contributed by atoms with Crippen LogP contribution in [-0.2, 0) is 9.59 Å². The van der Waals surface area contributed by atoms with Gasteiger partial charge in [0, 0.05) is 18.3 Å². The number of amides is 2. The lowest BCUT2D eigenvalue weighted by Gasteiger charge is -2.13. The third kappa shape index (κ3) is 5.12. The molecule has 0 saturated heterocycles. The van der Waals surface area contributed by atoms with Crippen LogP contribution < -0.4 is 16.2 Å². The van der Waals surface area contributed by atoms with Crippen molar-refractivity contribution in [2.75, 3.05) is 16.4 Å². The van der Waals surface area contributed by atoms with E-state index in [1.807, 2.05) is 0 Å². The van der Waals surface area contributed by atoms with Gasteiger partial charge in [-0.15, -0.1) is 11.3 Å². The smallest absolute Gasteiger partial charge is 0.276 e. The Morgan fingerprint density at radius 3 is 2.45 bits per heavy atom. The van der Waals surface area contributed by atoms with E-state index < -0.39 is 0 Å². The number of rotatable bonds is 6. The van der Waals surface area contributed by atoms with Crippen molar-refractivity contribution in [3.8, 4) is 5.69 Å². The molecule has 0 fully saturated rings. The van der Waals surface area contributed by atoms with E-state index in [1.165, 1.54) is 35.0 Å². The van der Waals surface area contributed by atoms with Crippen molar-refractivity contribution in [3.05, 3.63) is 75.6 Å². The molecule has 4 aromatic rings. The van der Waals surface area contributed by atoms with Gasteiger partial charge in [0.05, 0.1) is 17.0 Å². The predicted molar refractivity (Wildman–Crippen MR) is 130 cm³/mol. The number of carbonyl (C=O) groups is 2. The van der Waals surface area contributed by atoms with E-state index in [4.69, 9.17) is 0 Å². The fourth-order valence-corrected chi connectivity index (χ4v) is 4.72. The Bertz CT molecular complexity index is 1410. The first-order chi connectivity index (χ1) is 15.8. The number of hydrogen-bond donors (Lipinski definition) is 2. The summed E-state index contributed by atoms with van der Waals surface area (Å²) in [4.78, 5) is 41.4. The summed E-state index contributed by atoms with van der Waals surface area (Å²) in [5.74, 6) is -0.820. The van der Waals surface area contributed by atoms with E-state index >= 15 is 0 Å². The molecular weight excluding hydrogens is 463 g/mol. The van der Waals surface area contributed by atoms with Crippen LogP contribution >= 0.6 is 23.1 Å². The average molecular weight is 483 g/mol. The summed E-state index contributed by atoms with van der Waals surface area (Å²) >= 11 is 2.40. The van der Waals surface area contributed by atoms with Gasteiger partial charge in [0.2, 0.25) is 11.8 Å². The molecule has 2 aromatic heterocycles. The number of halogens is 1. The quantitative estimate of drug-likeness (QED) is 0.310. The van der Waals surface area contributed by atoms with E-state index in [1.54, 1.807) is 48.7 Å². The van der Waals surface area contributed by atoms with E-state index in [0.29, 0.717) is 38.0 Å². The molecule has 0 atom stereocenters. The summed E-state index contributed by atoms with van der Waals surface area (Å²) in [7, 11) is 0. The lowest BCUT2D eigenvalue weighted by atomic mass is 10.2. The summed E-state index contributed by atoms with van der Waals surface area (Å²) in [5, 5.41) is 7.56. The number of nitrogens with zero attached hydrogens (tertiary/aromatic N) is 2. The first kappa shape index (κ1) is 22.7. The number of aromatic nitrogens is 2. The molecule has 168 valence electrons. The minimum atomic E-state index is -0.366. The Morgan fingerprint density at radius 1 is 1.09 bits per heavy atom. The van der Waals surface area contributed by atoms with Gasteiger partial charge in [-0.05, 0) is 66.4 Å². The summed E-state index contributed by atoms with van der Waals surface area (Å²) in [6.07, 6.45) is 0. The zero-order chi connectivity index (χ0) is 23.5. The first-order valence-corrected chi connectivity index (χ1v) is 11.8. The van der Waals surface area contributed by atoms with Gasteiger partial charge in [-0.1, -0.05) is 11.8 Å². The van der Waals surface area contributed by atoms with Gasteiger partial charge in [-0.25, -0.2) is 9.37 Å². The Balaban J connectivity index is 1.56. The molecule has 7 nitrogen and oxygen atoms in total. The van der Waals surface area contributed by atoms with Crippen LogP contribution in [0.2, 0.25) is 0 Å². The Morgan fingerprint density at radius 2 is 1.79 bits per heavy atom. The van der Waals surface area contributed by atoms with Gasteiger partial charge in [-0.3, -0.25) is 19.0 Å². The normalized spacial score (nSPS) is 10.9. The highest BCUT2D eigenvalue weighted by Crippen LogP contribution is 2.25. The van der Waals surface area contributed by atoms with Gasteiger partial charge in [0.15, 0.2) is 5.16 Å². The van der Waals surface area contributed by atoms with Crippen LogP contribution in [0.25, 0.3) is 15.9 Å². The van der Waals surface area contributed by atoms with Crippen molar-refractivity contribution in [3.63, 3.8) is 0 Å². The lowest BCUT2D eigenvalue weighted by Crippen LogP contribution is -2.22. The van der Waals surface area contributed by atoms with Crippen molar-refractivity contribution in [2.24, 2.45) is 0 Å². The summed E-state index contributed by atoms with van der Waals surface area (Å²) in [6, 6.07) is 12.9. The fraction of sp³-hybridized carbons (Fsp3) is 0.130. The second kappa shape index (κ2) is 9.55. The van der Waals surface area contributed by atoms with Gasteiger partial charge >= 0.3 is 0 Å². The van der Waals surface area contributed by atoms with Gasteiger partial charge in [0.1, 0.15) is 10.5 Å². The highest BCUT2D eigenvalue weighted by molar-refractivity contribution is 7.99. The molecule has 0 bridgehead atoms. The molecule has 10 heteroatoms. The molecule has 0 aliphatic carbocycles. The highest BCUT2D eigenvalue weighted by atomic mass is 32.2. The molecule has 0 aliphatic rings. The summed E-state index contributed by atoms with van der Waals surface area (Å²) in [6.45, 7) is 3.04. The van der Waals surface area contributed by atoms with Gasteiger partial charge in [0.25, 0.3) is 5.56 Å². The fourth-order valence-electron chi connectivity index (χ4n) is 3.15. The number of aryl methyl sites for hydroxylation is 1. The first-order valence-electron chi connectivity index (χ1n) is 9.89. The number of fused-ring (bicyclic) bond motifs is 1. The van der Waals surface area contributed by atoms with Crippen molar-refractivity contribution < 1.29 is 14.0 Å². The molecule has 0 radical (unpaired) electrons. The van der Waals surface area contributed by atoms with E-state index in [-0.39, 0.29) is 28.9 Å². The van der Waals surface area contributed by atoms with E-state index in [9.17, 15) is 18.8 Å². The third-order valence-corrected chi connectivity index (χ3v) is 6.50. The molecule has 0 unspecified atom stereocenters. The molecule has 2 amide bonds.